The van der Waals surface area contributed by atoms with E-state index in [4.69, 9.17) is 9.47 Å². The van der Waals surface area contributed by atoms with Crippen molar-refractivity contribution >= 4 is 17.7 Å². The lowest BCUT2D eigenvalue weighted by molar-refractivity contribution is -0.157. The topological polar surface area (TPSA) is 69.7 Å². The molecule has 0 amide bonds. The molecule has 0 aromatic heterocycles. The van der Waals surface area contributed by atoms with Crippen molar-refractivity contribution in [2.75, 3.05) is 0 Å². The van der Waals surface area contributed by atoms with Crippen LogP contribution in [0.5, 0.6) is 0 Å². The molecule has 176 valence electrons. The van der Waals surface area contributed by atoms with Crippen molar-refractivity contribution in [2.24, 2.45) is 28.6 Å². The van der Waals surface area contributed by atoms with Crippen LogP contribution >= 0.6 is 0 Å². The van der Waals surface area contributed by atoms with Gasteiger partial charge in [-0.05, 0) is 74.2 Å². The molecule has 7 heteroatoms. The van der Waals surface area contributed by atoms with Crippen molar-refractivity contribution in [3.05, 3.63) is 23.0 Å². The van der Waals surface area contributed by atoms with Crippen LogP contribution in [0.4, 0.5) is 8.78 Å². The first kappa shape index (κ1) is 23.1. The first-order valence-electron chi connectivity index (χ1n) is 11.6. The maximum atomic E-state index is 13.7. The summed E-state index contributed by atoms with van der Waals surface area (Å²) in [6, 6.07) is 0. The van der Waals surface area contributed by atoms with Gasteiger partial charge in [0.05, 0.1) is 0 Å². The van der Waals surface area contributed by atoms with Crippen molar-refractivity contribution in [1.29, 1.82) is 0 Å². The Labute approximate surface area is 187 Å². The summed E-state index contributed by atoms with van der Waals surface area (Å²) >= 11 is 0. The molecular formula is C25H32F2O5. The van der Waals surface area contributed by atoms with Gasteiger partial charge in [-0.1, -0.05) is 19.4 Å². The van der Waals surface area contributed by atoms with Gasteiger partial charge in [-0.3, -0.25) is 14.4 Å². The molecule has 0 N–H and O–H groups in total. The van der Waals surface area contributed by atoms with E-state index in [2.05, 4.69) is 13.8 Å². The van der Waals surface area contributed by atoms with Crippen LogP contribution in [-0.4, -0.2) is 30.3 Å². The highest BCUT2D eigenvalue weighted by atomic mass is 19.3. The van der Waals surface area contributed by atoms with Crippen LogP contribution in [0.3, 0.4) is 0 Å². The number of carbonyl (C=O) groups excluding carboxylic acids is 3. The van der Waals surface area contributed by atoms with Gasteiger partial charge >= 0.3 is 11.9 Å². The molecule has 4 rings (SSSR count). The number of alkyl halides is 2. The molecule has 0 aromatic carbocycles. The minimum Gasteiger partial charge on any atom is -0.462 e. The van der Waals surface area contributed by atoms with Crippen molar-refractivity contribution < 1.29 is 32.6 Å². The fourth-order valence-corrected chi connectivity index (χ4v) is 7.46. The molecule has 4 aliphatic rings. The Balaban J connectivity index is 1.68. The number of esters is 2. The Morgan fingerprint density at radius 3 is 2.41 bits per heavy atom. The molecule has 6 atom stereocenters. The lowest BCUT2D eigenvalue weighted by atomic mass is 9.47. The fraction of sp³-hybridized carbons (Fsp3) is 0.720. The summed E-state index contributed by atoms with van der Waals surface area (Å²) in [4.78, 5) is 35.8. The predicted molar refractivity (Wildman–Crippen MR) is 112 cm³/mol. The van der Waals surface area contributed by atoms with Gasteiger partial charge in [0.25, 0.3) is 6.43 Å². The van der Waals surface area contributed by atoms with Crippen LogP contribution in [0.2, 0.25) is 0 Å². The molecule has 0 spiro atoms. The first-order valence-corrected chi connectivity index (χ1v) is 11.6. The monoisotopic (exact) mass is 450 g/mol. The van der Waals surface area contributed by atoms with Gasteiger partial charge in [0.2, 0.25) is 0 Å². The Bertz CT molecular complexity index is 906. The number of hydrogen-bond acceptors (Lipinski definition) is 5. The van der Waals surface area contributed by atoms with Gasteiger partial charge in [-0.2, -0.15) is 0 Å². The van der Waals surface area contributed by atoms with Crippen LogP contribution in [0.25, 0.3) is 0 Å². The smallest absolute Gasteiger partial charge is 0.307 e. The highest BCUT2D eigenvalue weighted by molar-refractivity contribution is 6.06. The number of fused-ring (bicyclic) bond motifs is 5. The summed E-state index contributed by atoms with van der Waals surface area (Å²) in [5, 5.41) is 0. The van der Waals surface area contributed by atoms with Crippen molar-refractivity contribution in [3.8, 4) is 0 Å². The SMILES string of the molecule is CC(=O)O/C(=C1/C[C@@]2(C)C(=CC1=O)CC[C@H]1[C@@H]3CC[C@H](OC(C)=O)[C@@]3(C)CC[C@@H]12)C(F)F. The number of ketones is 1. The third-order valence-electron chi connectivity index (χ3n) is 8.85. The van der Waals surface area contributed by atoms with E-state index in [-0.39, 0.29) is 35.4 Å². The zero-order valence-corrected chi connectivity index (χ0v) is 19.2. The van der Waals surface area contributed by atoms with E-state index in [0.717, 1.165) is 51.0 Å². The molecule has 5 nitrogen and oxygen atoms in total. The molecule has 0 heterocycles. The second kappa shape index (κ2) is 8.07. The van der Waals surface area contributed by atoms with Crippen molar-refractivity contribution in [3.63, 3.8) is 0 Å². The molecule has 0 unspecified atom stereocenters. The molecule has 0 saturated heterocycles. The maximum Gasteiger partial charge on any atom is 0.307 e. The van der Waals surface area contributed by atoms with Crippen LogP contribution in [0.1, 0.15) is 72.6 Å². The molecule has 0 aliphatic heterocycles. The van der Waals surface area contributed by atoms with E-state index >= 15 is 0 Å². The third kappa shape index (κ3) is 3.61. The molecule has 4 aliphatic carbocycles. The largest absolute Gasteiger partial charge is 0.462 e. The van der Waals surface area contributed by atoms with Gasteiger partial charge in [0.15, 0.2) is 11.5 Å². The van der Waals surface area contributed by atoms with Gasteiger partial charge in [-0.25, -0.2) is 8.78 Å². The summed E-state index contributed by atoms with van der Waals surface area (Å²) < 4.78 is 37.9. The zero-order valence-electron chi connectivity index (χ0n) is 19.2. The van der Waals surface area contributed by atoms with E-state index in [1.54, 1.807) is 0 Å². The highest BCUT2D eigenvalue weighted by Gasteiger charge is 2.60. The molecule has 0 bridgehead atoms. The minimum absolute atomic E-state index is 0.0698. The Morgan fingerprint density at radius 2 is 1.78 bits per heavy atom. The lowest BCUT2D eigenvalue weighted by Crippen LogP contribution is -2.52. The number of halogens is 2. The standard InChI is InChI=1S/C25H32F2O5/c1-13(28)31-21-8-7-18-16-6-5-15-11-20(30)17(22(23(26)27)32-14(2)29)12-25(15,4)19(16)9-10-24(18,21)3/h11,16,18-19,21,23H,5-10,12H2,1-4H3/b22-17-/t16-,18-,19-,21-,24-,25-/m0/s1. The second-order valence-electron chi connectivity index (χ2n) is 10.5. The third-order valence-corrected chi connectivity index (χ3v) is 8.85. The van der Waals surface area contributed by atoms with Gasteiger partial charge in [0.1, 0.15) is 6.10 Å². The number of allylic oxidation sites excluding steroid dienone is 3. The fourth-order valence-electron chi connectivity index (χ4n) is 7.46. The Kier molecular flexibility index (Phi) is 5.83. The van der Waals surface area contributed by atoms with E-state index in [0.29, 0.717) is 11.8 Å². The van der Waals surface area contributed by atoms with E-state index in [1.807, 2.05) is 0 Å². The zero-order chi connectivity index (χ0) is 23.4. The summed E-state index contributed by atoms with van der Waals surface area (Å²) in [5.74, 6) is -1.33. The molecular weight excluding hydrogens is 418 g/mol. The maximum absolute atomic E-state index is 13.7. The van der Waals surface area contributed by atoms with E-state index in [9.17, 15) is 23.2 Å². The summed E-state index contributed by atoms with van der Waals surface area (Å²) in [7, 11) is 0. The van der Waals surface area contributed by atoms with Crippen molar-refractivity contribution in [2.45, 2.75) is 85.2 Å². The summed E-state index contributed by atoms with van der Waals surface area (Å²) in [6.07, 6.45) is 3.94. The molecule has 0 radical (unpaired) electrons. The van der Waals surface area contributed by atoms with Crippen LogP contribution in [0, 0.1) is 28.6 Å². The Morgan fingerprint density at radius 1 is 1.06 bits per heavy atom. The number of rotatable bonds is 3. The molecule has 3 saturated carbocycles. The van der Waals surface area contributed by atoms with Gasteiger partial charge in [0, 0.05) is 24.8 Å². The van der Waals surface area contributed by atoms with E-state index in [1.165, 1.54) is 13.0 Å². The number of hydrogen-bond donors (Lipinski definition) is 0. The molecule has 32 heavy (non-hydrogen) atoms. The lowest BCUT2D eigenvalue weighted by Gasteiger charge is -2.58. The van der Waals surface area contributed by atoms with Crippen LogP contribution in [0.15, 0.2) is 23.0 Å². The number of ether oxygens (including phenoxy) is 2. The molecule has 3 fully saturated rings. The van der Waals surface area contributed by atoms with Gasteiger partial charge < -0.3 is 9.47 Å². The van der Waals surface area contributed by atoms with Crippen molar-refractivity contribution in [1.82, 2.24) is 0 Å². The first-order chi connectivity index (χ1) is 15.0. The quantitative estimate of drug-likeness (QED) is 0.338. The molecule has 0 aromatic rings. The van der Waals surface area contributed by atoms with Crippen LogP contribution in [-0.2, 0) is 23.9 Å². The predicted octanol–water partition coefficient (Wildman–Crippen LogP) is 5.14. The normalized spacial score (nSPS) is 40.1. The average molecular weight is 451 g/mol. The van der Waals surface area contributed by atoms with Gasteiger partial charge in [-0.15, -0.1) is 0 Å². The summed E-state index contributed by atoms with van der Waals surface area (Å²) in [5.41, 5.74) is 0.467. The van der Waals surface area contributed by atoms with E-state index < -0.39 is 29.4 Å². The summed E-state index contributed by atoms with van der Waals surface area (Å²) in [6.45, 7) is 6.84. The number of carbonyl (C=O) groups is 3. The minimum atomic E-state index is -3.02. The second-order valence-corrected chi connectivity index (χ2v) is 10.5. The van der Waals surface area contributed by atoms with Crippen LogP contribution < -0.4 is 0 Å². The highest BCUT2D eigenvalue weighted by Crippen LogP contribution is 2.66. The average Bonchev–Trinajstić information content (AvgIpc) is 3.02. The Hall–Kier alpha value is -2.05.